The van der Waals surface area contributed by atoms with Gasteiger partial charge in [-0.05, 0) is 45.3 Å². The van der Waals surface area contributed by atoms with E-state index in [1.54, 1.807) is 0 Å². The zero-order chi connectivity index (χ0) is 12.1. The Morgan fingerprint density at radius 1 is 1.41 bits per heavy atom. The fraction of sp³-hybridized carbons (Fsp3) is 0.923. The highest BCUT2D eigenvalue weighted by Gasteiger charge is 2.21. The Morgan fingerprint density at radius 2 is 2.29 bits per heavy atom. The van der Waals surface area contributed by atoms with Crippen molar-refractivity contribution in [2.45, 2.75) is 38.1 Å². The molecule has 0 bridgehead atoms. The van der Waals surface area contributed by atoms with Crippen LogP contribution in [0.1, 0.15) is 32.1 Å². The molecule has 2 fully saturated rings. The minimum atomic E-state index is 0.221. The number of hydrogen-bond acceptors (Lipinski definition) is 3. The first-order valence-electron chi connectivity index (χ1n) is 6.92. The molecule has 2 unspecified atom stereocenters. The Kier molecular flexibility index (Phi) is 4.80. The first kappa shape index (κ1) is 12.8. The predicted octanol–water partition coefficient (Wildman–Crippen LogP) is 0.587. The maximum atomic E-state index is 11.8. The largest absolute Gasteiger partial charge is 0.356 e. The van der Waals surface area contributed by atoms with Crippen molar-refractivity contribution in [2.75, 3.05) is 33.2 Å². The molecule has 17 heavy (non-hydrogen) atoms. The van der Waals surface area contributed by atoms with E-state index in [0.29, 0.717) is 18.4 Å². The van der Waals surface area contributed by atoms with Crippen LogP contribution in [0.25, 0.3) is 0 Å². The van der Waals surface area contributed by atoms with Crippen LogP contribution < -0.4 is 10.6 Å². The van der Waals surface area contributed by atoms with Crippen molar-refractivity contribution in [3.8, 4) is 0 Å². The fourth-order valence-corrected chi connectivity index (χ4v) is 2.85. The second-order valence-corrected chi connectivity index (χ2v) is 5.57. The van der Waals surface area contributed by atoms with E-state index in [2.05, 4.69) is 22.6 Å². The van der Waals surface area contributed by atoms with Gasteiger partial charge in [-0.2, -0.15) is 0 Å². The van der Waals surface area contributed by atoms with Gasteiger partial charge >= 0.3 is 0 Å². The van der Waals surface area contributed by atoms with Crippen molar-refractivity contribution in [3.63, 3.8) is 0 Å². The molecule has 98 valence electrons. The van der Waals surface area contributed by atoms with E-state index < -0.39 is 0 Å². The van der Waals surface area contributed by atoms with E-state index in [1.807, 2.05) is 0 Å². The minimum Gasteiger partial charge on any atom is -0.356 e. The maximum absolute atomic E-state index is 11.8. The highest BCUT2D eigenvalue weighted by Crippen LogP contribution is 2.13. The fourth-order valence-electron chi connectivity index (χ4n) is 2.85. The Bertz CT molecular complexity index is 251. The summed E-state index contributed by atoms with van der Waals surface area (Å²) < 4.78 is 0. The second kappa shape index (κ2) is 6.36. The topological polar surface area (TPSA) is 44.4 Å². The molecule has 0 aromatic heterocycles. The third kappa shape index (κ3) is 4.28. The van der Waals surface area contributed by atoms with Crippen LogP contribution in [-0.4, -0.2) is 50.1 Å². The van der Waals surface area contributed by atoms with Crippen LogP contribution in [-0.2, 0) is 4.79 Å². The van der Waals surface area contributed by atoms with Crippen molar-refractivity contribution < 1.29 is 4.79 Å². The van der Waals surface area contributed by atoms with Gasteiger partial charge in [0.15, 0.2) is 0 Å². The smallest absolute Gasteiger partial charge is 0.221 e. The third-order valence-corrected chi connectivity index (χ3v) is 3.92. The Labute approximate surface area is 104 Å². The molecule has 0 radical (unpaired) electrons. The number of rotatable bonds is 4. The first-order chi connectivity index (χ1) is 8.24. The molecule has 2 aliphatic heterocycles. The monoisotopic (exact) mass is 239 g/mol. The highest BCUT2D eigenvalue weighted by atomic mass is 16.1. The molecule has 2 N–H and O–H groups in total. The SMILES string of the molecule is CN1CCC(CNC(=O)CC2CCCCN2)C1. The molecule has 2 atom stereocenters. The van der Waals surface area contributed by atoms with Crippen molar-refractivity contribution in [3.05, 3.63) is 0 Å². The molecule has 0 saturated carbocycles. The van der Waals surface area contributed by atoms with Crippen LogP contribution in [0.4, 0.5) is 0 Å². The van der Waals surface area contributed by atoms with Crippen molar-refractivity contribution in [2.24, 2.45) is 5.92 Å². The Balaban J connectivity index is 1.60. The average molecular weight is 239 g/mol. The number of nitrogens with zero attached hydrogens (tertiary/aromatic N) is 1. The lowest BCUT2D eigenvalue weighted by molar-refractivity contribution is -0.121. The molecular weight excluding hydrogens is 214 g/mol. The van der Waals surface area contributed by atoms with Gasteiger partial charge in [-0.25, -0.2) is 0 Å². The summed E-state index contributed by atoms with van der Waals surface area (Å²) in [4.78, 5) is 14.1. The molecule has 0 aliphatic carbocycles. The molecule has 2 rings (SSSR count). The number of likely N-dealkylation sites (tertiary alicyclic amines) is 1. The van der Waals surface area contributed by atoms with E-state index in [9.17, 15) is 4.79 Å². The van der Waals surface area contributed by atoms with Gasteiger partial charge in [0.1, 0.15) is 0 Å². The first-order valence-corrected chi connectivity index (χ1v) is 6.92. The summed E-state index contributed by atoms with van der Waals surface area (Å²) in [6.07, 6.45) is 5.55. The molecule has 0 spiro atoms. The van der Waals surface area contributed by atoms with Crippen molar-refractivity contribution >= 4 is 5.91 Å². The number of hydrogen-bond donors (Lipinski definition) is 2. The summed E-state index contributed by atoms with van der Waals surface area (Å²) in [5.41, 5.74) is 0. The Hall–Kier alpha value is -0.610. The molecular formula is C13H25N3O. The molecule has 2 saturated heterocycles. The lowest BCUT2D eigenvalue weighted by Crippen LogP contribution is -2.40. The van der Waals surface area contributed by atoms with Gasteiger partial charge in [-0.1, -0.05) is 6.42 Å². The van der Waals surface area contributed by atoms with E-state index in [0.717, 1.165) is 26.1 Å². The quantitative estimate of drug-likeness (QED) is 0.754. The summed E-state index contributed by atoms with van der Waals surface area (Å²) in [6, 6.07) is 0.412. The van der Waals surface area contributed by atoms with Gasteiger partial charge in [0.25, 0.3) is 0 Å². The minimum absolute atomic E-state index is 0.221. The number of carbonyl (C=O) groups excluding carboxylic acids is 1. The van der Waals surface area contributed by atoms with Crippen molar-refractivity contribution in [1.82, 2.24) is 15.5 Å². The van der Waals surface area contributed by atoms with Gasteiger partial charge in [0, 0.05) is 25.6 Å². The molecule has 2 heterocycles. The zero-order valence-electron chi connectivity index (χ0n) is 10.9. The van der Waals surface area contributed by atoms with Crippen LogP contribution in [0.3, 0.4) is 0 Å². The normalized spacial score (nSPS) is 30.4. The average Bonchev–Trinajstić information content (AvgIpc) is 2.74. The van der Waals surface area contributed by atoms with E-state index in [4.69, 9.17) is 0 Å². The van der Waals surface area contributed by atoms with Crippen LogP contribution in [0.15, 0.2) is 0 Å². The molecule has 2 aliphatic rings. The molecule has 1 amide bonds. The lowest BCUT2D eigenvalue weighted by atomic mass is 10.0. The van der Waals surface area contributed by atoms with E-state index in [-0.39, 0.29) is 5.91 Å². The second-order valence-electron chi connectivity index (χ2n) is 5.57. The summed E-state index contributed by atoms with van der Waals surface area (Å²) >= 11 is 0. The van der Waals surface area contributed by atoms with Crippen LogP contribution >= 0.6 is 0 Å². The van der Waals surface area contributed by atoms with Crippen molar-refractivity contribution in [1.29, 1.82) is 0 Å². The van der Waals surface area contributed by atoms with Crippen LogP contribution in [0.5, 0.6) is 0 Å². The molecule has 4 nitrogen and oxygen atoms in total. The maximum Gasteiger partial charge on any atom is 0.221 e. The number of amides is 1. The van der Waals surface area contributed by atoms with Gasteiger partial charge < -0.3 is 15.5 Å². The van der Waals surface area contributed by atoms with E-state index >= 15 is 0 Å². The number of piperidine rings is 1. The van der Waals surface area contributed by atoms with Gasteiger partial charge in [-0.3, -0.25) is 4.79 Å². The van der Waals surface area contributed by atoms with Gasteiger partial charge in [0.05, 0.1) is 0 Å². The van der Waals surface area contributed by atoms with Crippen LogP contribution in [0, 0.1) is 5.92 Å². The zero-order valence-corrected chi connectivity index (χ0v) is 10.9. The summed E-state index contributed by atoms with van der Waals surface area (Å²) in [6.45, 7) is 4.23. The molecule has 0 aromatic rings. The number of carbonyl (C=O) groups is 1. The standard InChI is InChI=1S/C13H25N3O/c1-16-7-5-11(10-16)9-15-13(17)8-12-4-2-3-6-14-12/h11-12,14H,2-10H2,1H3,(H,15,17). The molecule has 0 aromatic carbocycles. The Morgan fingerprint density at radius 3 is 2.94 bits per heavy atom. The summed E-state index contributed by atoms with van der Waals surface area (Å²) in [5, 5.41) is 6.50. The molecule has 4 heteroatoms. The van der Waals surface area contributed by atoms with Gasteiger partial charge in [-0.15, -0.1) is 0 Å². The van der Waals surface area contributed by atoms with E-state index in [1.165, 1.54) is 25.8 Å². The predicted molar refractivity (Wildman–Crippen MR) is 68.9 cm³/mol. The van der Waals surface area contributed by atoms with Gasteiger partial charge in [0.2, 0.25) is 5.91 Å². The number of nitrogens with one attached hydrogen (secondary N) is 2. The summed E-state index contributed by atoms with van der Waals surface area (Å²) in [5.74, 6) is 0.877. The lowest BCUT2D eigenvalue weighted by Gasteiger charge is -2.23. The highest BCUT2D eigenvalue weighted by molar-refractivity contribution is 5.76. The van der Waals surface area contributed by atoms with Crippen LogP contribution in [0.2, 0.25) is 0 Å². The summed E-state index contributed by atoms with van der Waals surface area (Å²) in [7, 11) is 2.15. The third-order valence-electron chi connectivity index (χ3n) is 3.92.